The van der Waals surface area contributed by atoms with Crippen LogP contribution in [0.3, 0.4) is 0 Å². The minimum atomic E-state index is -5.08. The normalized spacial score (nSPS) is 14.5. The van der Waals surface area contributed by atoms with Gasteiger partial charge in [0.2, 0.25) is 0 Å². The molecule has 0 aliphatic heterocycles. The van der Waals surface area contributed by atoms with Crippen molar-refractivity contribution in [3.05, 3.63) is 0 Å². The van der Waals surface area contributed by atoms with Crippen LogP contribution in [0.15, 0.2) is 9.98 Å². The molecule has 0 saturated heterocycles. The van der Waals surface area contributed by atoms with E-state index < -0.39 is 12.1 Å². The summed E-state index contributed by atoms with van der Waals surface area (Å²) in [5.74, 6) is 0.0257. The number of carbonyl (C=O) groups is 2. The third kappa shape index (κ3) is 34.5. The van der Waals surface area contributed by atoms with Crippen molar-refractivity contribution in [2.24, 2.45) is 33.3 Å². The summed E-state index contributed by atoms with van der Waals surface area (Å²) >= 11 is 0. The van der Waals surface area contributed by atoms with E-state index in [-0.39, 0.29) is 0 Å². The van der Waals surface area contributed by atoms with Gasteiger partial charge in [0, 0.05) is 52.4 Å². The Bertz CT molecular complexity index is 1040. The van der Waals surface area contributed by atoms with Crippen molar-refractivity contribution in [3.8, 4) is 0 Å². The molecule has 0 aromatic carbocycles. The van der Waals surface area contributed by atoms with Gasteiger partial charge in [-0.05, 0) is 76.0 Å². The lowest BCUT2D eigenvalue weighted by Crippen LogP contribution is -2.45. The van der Waals surface area contributed by atoms with Crippen LogP contribution >= 0.6 is 0 Å². The molecule has 0 bridgehead atoms. The molecule has 0 radical (unpaired) electrons. The Hall–Kier alpha value is -2.93. The van der Waals surface area contributed by atoms with Crippen LogP contribution < -0.4 is 22.1 Å². The number of aliphatic imine (C=N–C) groups is 2. The third-order valence-electron chi connectivity index (χ3n) is 11.1. The van der Waals surface area contributed by atoms with Gasteiger partial charge >= 0.3 is 18.2 Å². The summed E-state index contributed by atoms with van der Waals surface area (Å²) in [5.41, 5.74) is 12.0. The predicted octanol–water partition coefficient (Wildman–Crippen LogP) is 10.4. The number of alkyl halides is 3. The minimum absolute atomic E-state index is 0.307. The summed E-state index contributed by atoms with van der Waals surface area (Å²) in [6.07, 6.45) is 29.6. The van der Waals surface area contributed by atoms with Crippen LogP contribution in [0.1, 0.15) is 194 Å². The average molecular weight is 845 g/mol. The second-order valence-electron chi connectivity index (χ2n) is 17.0. The zero-order chi connectivity index (χ0) is 43.4. The highest BCUT2D eigenvalue weighted by Crippen LogP contribution is 2.29. The number of nitrogens with zero attached hydrogens (tertiary/aromatic N) is 4. The highest BCUT2D eigenvalue weighted by molar-refractivity contribution is 5.78. The number of carboxylic acid groups (broad SMARTS) is 1. The molecule has 0 unspecified atom stereocenters. The molecule has 0 heterocycles. The van der Waals surface area contributed by atoms with Crippen LogP contribution in [0.25, 0.3) is 0 Å². The van der Waals surface area contributed by atoms with E-state index in [1.807, 2.05) is 0 Å². The first-order chi connectivity index (χ1) is 28.5. The number of rotatable bonds is 36. The predicted molar refractivity (Wildman–Crippen MR) is 239 cm³/mol. The Morgan fingerprint density at radius 3 is 1.08 bits per heavy atom. The second-order valence-corrected chi connectivity index (χ2v) is 17.0. The Morgan fingerprint density at radius 1 is 0.542 bits per heavy atom. The molecular weight excluding hydrogens is 758 g/mol. The summed E-state index contributed by atoms with van der Waals surface area (Å²) in [7, 11) is 0. The van der Waals surface area contributed by atoms with Crippen LogP contribution in [0.4, 0.5) is 18.0 Å². The monoisotopic (exact) mass is 845 g/mol. The maximum absolute atomic E-state index is 14.1. The topological polar surface area (TPSA) is 162 Å². The fourth-order valence-electron chi connectivity index (χ4n) is 6.84. The number of nitrogens with two attached hydrogens (primary N) is 2. The summed E-state index contributed by atoms with van der Waals surface area (Å²) in [4.78, 5) is 36.4. The van der Waals surface area contributed by atoms with Gasteiger partial charge in [0.15, 0.2) is 11.9 Å². The number of hydrogen-bond acceptors (Lipinski definition) is 4. The van der Waals surface area contributed by atoms with Gasteiger partial charge in [-0.1, -0.05) is 129 Å². The first-order valence-corrected chi connectivity index (χ1v) is 23.9. The molecule has 2 aliphatic carbocycles. The largest absolute Gasteiger partial charge is 0.490 e. The van der Waals surface area contributed by atoms with Gasteiger partial charge in [-0.15, -0.1) is 0 Å². The lowest BCUT2D eigenvalue weighted by molar-refractivity contribution is -0.192. The number of amides is 2. The number of nitrogens with one attached hydrogen (secondary N) is 2. The Kier molecular flexibility index (Phi) is 32.8. The average Bonchev–Trinajstić information content (AvgIpc) is 4.15. The SMILES string of the molecule is CCCCCCCCN(CCCCCCCC)C(=O)N(CCCCCCCCNC(N)=NCC1CC1)CCCCCCCCNC(N)=NCC1CC1.O=C(O)C(F)(F)F. The van der Waals surface area contributed by atoms with Crippen molar-refractivity contribution in [3.63, 3.8) is 0 Å². The summed E-state index contributed by atoms with van der Waals surface area (Å²) < 4.78 is 31.7. The van der Waals surface area contributed by atoms with Gasteiger partial charge in [-0.25, -0.2) is 9.59 Å². The molecule has 0 atom stereocenters. The van der Waals surface area contributed by atoms with Crippen LogP contribution in [-0.4, -0.2) is 97.4 Å². The molecule has 14 heteroatoms. The van der Waals surface area contributed by atoms with Crippen molar-refractivity contribution < 1.29 is 27.9 Å². The van der Waals surface area contributed by atoms with E-state index in [9.17, 15) is 18.0 Å². The molecule has 2 fully saturated rings. The van der Waals surface area contributed by atoms with Gasteiger partial charge in [0.1, 0.15) is 0 Å². The van der Waals surface area contributed by atoms with Gasteiger partial charge in [0.05, 0.1) is 0 Å². The van der Waals surface area contributed by atoms with Crippen molar-refractivity contribution >= 4 is 23.9 Å². The molecule has 2 amide bonds. The molecule has 11 nitrogen and oxygen atoms in total. The second kappa shape index (κ2) is 35.8. The molecule has 346 valence electrons. The zero-order valence-electron chi connectivity index (χ0n) is 37.5. The van der Waals surface area contributed by atoms with E-state index in [4.69, 9.17) is 21.4 Å². The van der Waals surface area contributed by atoms with E-state index in [1.54, 1.807) is 0 Å². The molecule has 0 spiro atoms. The Balaban J connectivity index is 0.00000227. The standard InChI is InChI=1S/C43H86N8O.C2HF3O2/c1-3-5-7-9-17-23-33-50(34-24-18-10-8-6-4-2)43(52)51(35-25-19-13-11-15-21-31-46-41(44)48-37-39-27-28-39)36-26-20-14-12-16-22-32-47-42(45)49-38-40-29-30-40;3-2(4,5)1(6)7/h39-40H,3-38H2,1-2H3,(H3,44,46,48)(H3,45,47,49);(H,6,7). The summed E-state index contributed by atoms with van der Waals surface area (Å²) in [6.45, 7) is 11.8. The first kappa shape index (κ1) is 54.1. The fraction of sp³-hybridized carbons (Fsp3) is 0.911. The number of aliphatic carboxylic acids is 1. The van der Waals surface area contributed by atoms with Gasteiger partial charge in [-0.2, -0.15) is 13.2 Å². The Morgan fingerprint density at radius 2 is 0.814 bits per heavy atom. The minimum Gasteiger partial charge on any atom is -0.475 e. The lowest BCUT2D eigenvalue weighted by atomic mass is 10.1. The van der Waals surface area contributed by atoms with Crippen molar-refractivity contribution in [2.75, 3.05) is 52.4 Å². The number of guanidine groups is 2. The van der Waals surface area contributed by atoms with Crippen LogP contribution in [-0.2, 0) is 4.79 Å². The van der Waals surface area contributed by atoms with E-state index in [0.717, 1.165) is 103 Å². The maximum Gasteiger partial charge on any atom is 0.490 e. The van der Waals surface area contributed by atoms with E-state index >= 15 is 0 Å². The summed E-state index contributed by atoms with van der Waals surface area (Å²) in [5, 5.41) is 13.7. The molecule has 2 aliphatic rings. The molecule has 0 aromatic rings. The number of halogens is 3. The molecule has 0 aromatic heterocycles. The highest BCUT2D eigenvalue weighted by atomic mass is 19.4. The number of urea groups is 1. The summed E-state index contributed by atoms with van der Waals surface area (Å²) in [6, 6.07) is 0.307. The quantitative estimate of drug-likeness (QED) is 0.0238. The van der Waals surface area contributed by atoms with Crippen molar-refractivity contribution in [1.82, 2.24) is 20.4 Å². The van der Waals surface area contributed by atoms with Crippen LogP contribution in [0.5, 0.6) is 0 Å². The number of unbranched alkanes of at least 4 members (excludes halogenated alkanes) is 20. The lowest BCUT2D eigenvalue weighted by Gasteiger charge is -2.31. The molecule has 59 heavy (non-hydrogen) atoms. The van der Waals surface area contributed by atoms with Crippen molar-refractivity contribution in [1.29, 1.82) is 0 Å². The van der Waals surface area contributed by atoms with Gasteiger partial charge in [0.25, 0.3) is 0 Å². The molecule has 7 N–H and O–H groups in total. The first-order valence-electron chi connectivity index (χ1n) is 23.9. The number of carbonyl (C=O) groups excluding carboxylic acids is 1. The third-order valence-corrected chi connectivity index (χ3v) is 11.1. The zero-order valence-corrected chi connectivity index (χ0v) is 37.5. The van der Waals surface area contributed by atoms with Gasteiger partial charge in [-0.3, -0.25) is 9.98 Å². The van der Waals surface area contributed by atoms with E-state index in [1.165, 1.54) is 141 Å². The fourth-order valence-corrected chi connectivity index (χ4v) is 6.84. The van der Waals surface area contributed by atoms with E-state index in [0.29, 0.717) is 18.0 Å². The number of carboxylic acids is 1. The smallest absolute Gasteiger partial charge is 0.475 e. The molecule has 2 rings (SSSR count). The van der Waals surface area contributed by atoms with Crippen LogP contribution in [0.2, 0.25) is 0 Å². The number of hydrogen-bond donors (Lipinski definition) is 5. The van der Waals surface area contributed by atoms with Gasteiger partial charge < -0.3 is 37.0 Å². The molecule has 2 saturated carbocycles. The van der Waals surface area contributed by atoms with E-state index in [2.05, 4.69) is 44.3 Å². The maximum atomic E-state index is 14.1. The van der Waals surface area contributed by atoms with Crippen LogP contribution in [0, 0.1) is 11.8 Å². The highest BCUT2D eigenvalue weighted by Gasteiger charge is 2.38. The molecular formula is C45H87F3N8O3. The van der Waals surface area contributed by atoms with Crippen molar-refractivity contribution in [2.45, 2.75) is 200 Å². The Labute approximate surface area is 356 Å².